The summed E-state index contributed by atoms with van der Waals surface area (Å²) in [7, 11) is 0. The van der Waals surface area contributed by atoms with E-state index in [0.29, 0.717) is 36.7 Å². The Morgan fingerprint density at radius 3 is 2.52 bits per heavy atom. The first-order chi connectivity index (χ1) is 10.2. The zero-order chi connectivity index (χ0) is 15.1. The third kappa shape index (κ3) is 4.91. The summed E-state index contributed by atoms with van der Waals surface area (Å²) in [6.45, 7) is 1.43. The predicted molar refractivity (Wildman–Crippen MR) is 79.2 cm³/mol. The van der Waals surface area contributed by atoms with Crippen LogP contribution in [0.15, 0.2) is 24.3 Å². The second-order valence-corrected chi connectivity index (χ2v) is 5.16. The maximum absolute atomic E-state index is 11.9. The van der Waals surface area contributed by atoms with Crippen LogP contribution in [0, 0.1) is 22.7 Å². The van der Waals surface area contributed by atoms with E-state index in [0.717, 1.165) is 6.54 Å². The topological polar surface area (TPSA) is 79.9 Å². The SMILES string of the molecule is N#CCCN(CCC(=O)Nc1ccc(C#N)cc1)C1CC1. The number of carbonyl (C=O) groups excluding carboxylic acids is 1. The molecule has 0 saturated heterocycles. The molecule has 0 aliphatic heterocycles. The molecule has 1 aromatic carbocycles. The van der Waals surface area contributed by atoms with Crippen molar-refractivity contribution >= 4 is 11.6 Å². The summed E-state index contributed by atoms with van der Waals surface area (Å²) in [5.41, 5.74) is 1.28. The maximum atomic E-state index is 11.9. The van der Waals surface area contributed by atoms with Crippen LogP contribution in [0.5, 0.6) is 0 Å². The van der Waals surface area contributed by atoms with Crippen LogP contribution >= 0.6 is 0 Å². The van der Waals surface area contributed by atoms with Crippen molar-refractivity contribution in [1.29, 1.82) is 10.5 Å². The summed E-state index contributed by atoms with van der Waals surface area (Å²) in [4.78, 5) is 14.1. The summed E-state index contributed by atoms with van der Waals surface area (Å²) in [6.07, 6.45) is 3.26. The molecule has 0 aromatic heterocycles. The lowest BCUT2D eigenvalue weighted by Crippen LogP contribution is -2.30. The van der Waals surface area contributed by atoms with Crippen molar-refractivity contribution in [2.75, 3.05) is 18.4 Å². The number of nitrogens with zero attached hydrogens (tertiary/aromatic N) is 3. The molecule has 108 valence electrons. The smallest absolute Gasteiger partial charge is 0.225 e. The fraction of sp³-hybridized carbons (Fsp3) is 0.438. The zero-order valence-electron chi connectivity index (χ0n) is 11.9. The monoisotopic (exact) mass is 282 g/mol. The van der Waals surface area contributed by atoms with Gasteiger partial charge >= 0.3 is 0 Å². The molecule has 1 aliphatic rings. The van der Waals surface area contributed by atoms with Gasteiger partial charge in [-0.1, -0.05) is 0 Å². The van der Waals surface area contributed by atoms with E-state index < -0.39 is 0 Å². The molecule has 0 spiro atoms. The molecule has 1 aliphatic carbocycles. The molecule has 0 heterocycles. The number of nitrogens with one attached hydrogen (secondary N) is 1. The van der Waals surface area contributed by atoms with E-state index in [-0.39, 0.29) is 5.91 Å². The van der Waals surface area contributed by atoms with Crippen molar-refractivity contribution in [1.82, 2.24) is 4.90 Å². The average molecular weight is 282 g/mol. The van der Waals surface area contributed by atoms with Crippen molar-refractivity contribution in [3.8, 4) is 12.1 Å². The van der Waals surface area contributed by atoms with Gasteiger partial charge in [0, 0.05) is 37.7 Å². The number of benzene rings is 1. The highest BCUT2D eigenvalue weighted by Crippen LogP contribution is 2.26. The Labute approximate surface area is 124 Å². The molecule has 1 amide bonds. The van der Waals surface area contributed by atoms with Crippen LogP contribution in [0.3, 0.4) is 0 Å². The summed E-state index contributed by atoms with van der Waals surface area (Å²) in [6, 6.07) is 11.6. The molecule has 21 heavy (non-hydrogen) atoms. The molecule has 1 fully saturated rings. The number of hydrogen-bond donors (Lipinski definition) is 1. The third-order valence-corrected chi connectivity index (χ3v) is 3.50. The largest absolute Gasteiger partial charge is 0.326 e. The van der Waals surface area contributed by atoms with Gasteiger partial charge in [0.2, 0.25) is 5.91 Å². The molecule has 0 atom stereocenters. The quantitative estimate of drug-likeness (QED) is 0.832. The first-order valence-electron chi connectivity index (χ1n) is 7.14. The molecule has 0 bridgehead atoms. The summed E-state index contributed by atoms with van der Waals surface area (Å²) in [5.74, 6) is -0.0395. The van der Waals surface area contributed by atoms with E-state index in [2.05, 4.69) is 16.3 Å². The lowest BCUT2D eigenvalue weighted by Gasteiger charge is -2.20. The normalized spacial score (nSPS) is 13.5. The van der Waals surface area contributed by atoms with Gasteiger partial charge in [0.05, 0.1) is 17.7 Å². The molecular formula is C16H18N4O. The Bertz CT molecular complexity index is 563. The van der Waals surface area contributed by atoms with E-state index in [9.17, 15) is 4.79 Å². The van der Waals surface area contributed by atoms with Crippen LogP contribution < -0.4 is 5.32 Å². The number of rotatable bonds is 7. The van der Waals surface area contributed by atoms with Gasteiger partial charge in [0.1, 0.15) is 0 Å². The fourth-order valence-corrected chi connectivity index (χ4v) is 2.21. The maximum Gasteiger partial charge on any atom is 0.225 e. The van der Waals surface area contributed by atoms with Crippen LogP contribution in [0.25, 0.3) is 0 Å². The molecular weight excluding hydrogens is 264 g/mol. The number of hydrogen-bond acceptors (Lipinski definition) is 4. The van der Waals surface area contributed by atoms with E-state index >= 15 is 0 Å². The van der Waals surface area contributed by atoms with E-state index in [1.807, 2.05) is 6.07 Å². The molecule has 5 heteroatoms. The van der Waals surface area contributed by atoms with Crippen LogP contribution in [-0.2, 0) is 4.79 Å². The Hall–Kier alpha value is -2.37. The second kappa shape index (κ2) is 7.42. The second-order valence-electron chi connectivity index (χ2n) is 5.16. The summed E-state index contributed by atoms with van der Waals surface area (Å²) in [5, 5.41) is 20.2. The number of carbonyl (C=O) groups is 1. The summed E-state index contributed by atoms with van der Waals surface area (Å²) < 4.78 is 0. The van der Waals surface area contributed by atoms with Crippen LogP contribution in [0.2, 0.25) is 0 Å². The van der Waals surface area contributed by atoms with Crippen LogP contribution in [0.4, 0.5) is 5.69 Å². The van der Waals surface area contributed by atoms with E-state index in [1.54, 1.807) is 24.3 Å². The van der Waals surface area contributed by atoms with Crippen molar-refractivity contribution in [2.24, 2.45) is 0 Å². The van der Waals surface area contributed by atoms with E-state index in [4.69, 9.17) is 10.5 Å². The minimum atomic E-state index is -0.0395. The molecule has 0 unspecified atom stereocenters. The number of anilines is 1. The average Bonchev–Trinajstić information content (AvgIpc) is 3.33. The lowest BCUT2D eigenvalue weighted by molar-refractivity contribution is -0.116. The van der Waals surface area contributed by atoms with Gasteiger partial charge in [0.25, 0.3) is 0 Å². The highest BCUT2D eigenvalue weighted by molar-refractivity contribution is 5.90. The van der Waals surface area contributed by atoms with Gasteiger partial charge in [-0.3, -0.25) is 9.69 Å². The molecule has 0 radical (unpaired) electrons. The molecule has 1 N–H and O–H groups in total. The summed E-state index contributed by atoms with van der Waals surface area (Å²) >= 11 is 0. The Kier molecular flexibility index (Phi) is 5.31. The van der Waals surface area contributed by atoms with Gasteiger partial charge in [-0.25, -0.2) is 0 Å². The number of amides is 1. The van der Waals surface area contributed by atoms with Crippen LogP contribution in [0.1, 0.15) is 31.2 Å². The molecule has 5 nitrogen and oxygen atoms in total. The van der Waals surface area contributed by atoms with Crippen LogP contribution in [-0.4, -0.2) is 29.9 Å². The standard InChI is InChI=1S/C16H18N4O/c17-9-1-10-20(15-6-7-15)11-8-16(21)19-14-4-2-13(12-18)3-5-14/h2-5,15H,1,6-8,10-11H2,(H,19,21). The van der Waals surface area contributed by atoms with Gasteiger partial charge < -0.3 is 5.32 Å². The molecule has 1 aromatic rings. The highest BCUT2D eigenvalue weighted by Gasteiger charge is 2.28. The third-order valence-electron chi connectivity index (χ3n) is 3.50. The molecule has 1 saturated carbocycles. The van der Waals surface area contributed by atoms with Gasteiger partial charge in [-0.05, 0) is 37.1 Å². The van der Waals surface area contributed by atoms with Crippen molar-refractivity contribution in [3.05, 3.63) is 29.8 Å². The zero-order valence-corrected chi connectivity index (χ0v) is 11.9. The highest BCUT2D eigenvalue weighted by atomic mass is 16.1. The van der Waals surface area contributed by atoms with Crippen molar-refractivity contribution in [3.63, 3.8) is 0 Å². The van der Waals surface area contributed by atoms with Crippen molar-refractivity contribution < 1.29 is 4.79 Å². The fourth-order valence-electron chi connectivity index (χ4n) is 2.21. The lowest BCUT2D eigenvalue weighted by atomic mass is 10.2. The molecule has 2 rings (SSSR count). The first kappa shape index (κ1) is 15.0. The van der Waals surface area contributed by atoms with E-state index in [1.165, 1.54) is 12.8 Å². The van der Waals surface area contributed by atoms with Gasteiger partial charge in [0.15, 0.2) is 0 Å². The van der Waals surface area contributed by atoms with Crippen molar-refractivity contribution in [2.45, 2.75) is 31.7 Å². The minimum Gasteiger partial charge on any atom is -0.326 e. The Balaban J connectivity index is 1.78. The van der Waals surface area contributed by atoms with Gasteiger partial charge in [-0.2, -0.15) is 10.5 Å². The Morgan fingerprint density at radius 1 is 1.24 bits per heavy atom. The Morgan fingerprint density at radius 2 is 1.95 bits per heavy atom. The predicted octanol–water partition coefficient (Wildman–Crippen LogP) is 2.26. The minimum absolute atomic E-state index is 0.0395. The number of nitriles is 2. The van der Waals surface area contributed by atoms with Gasteiger partial charge in [-0.15, -0.1) is 0 Å². The first-order valence-corrected chi connectivity index (χ1v) is 7.14.